The molecule has 186 valence electrons. The summed E-state index contributed by atoms with van der Waals surface area (Å²) in [6.07, 6.45) is 0. The minimum absolute atomic E-state index is 0.0662. The summed E-state index contributed by atoms with van der Waals surface area (Å²) >= 11 is 0. The van der Waals surface area contributed by atoms with E-state index in [1.54, 1.807) is 0 Å². The van der Waals surface area contributed by atoms with Crippen LogP contribution in [-0.2, 0) is 14.4 Å². The number of amides is 2. The van der Waals surface area contributed by atoms with Gasteiger partial charge < -0.3 is 10.4 Å². The lowest BCUT2D eigenvalue weighted by Gasteiger charge is -2.25. The molecular formula is C25H18N4O8. The van der Waals surface area contributed by atoms with Crippen molar-refractivity contribution >= 4 is 46.1 Å². The second kappa shape index (κ2) is 9.70. The highest BCUT2D eigenvalue weighted by molar-refractivity contribution is 6.51. The normalized spacial score (nSPS) is 16.5. The van der Waals surface area contributed by atoms with E-state index in [-0.39, 0.29) is 34.1 Å². The topological polar surface area (TPSA) is 173 Å². The van der Waals surface area contributed by atoms with Crippen molar-refractivity contribution in [2.45, 2.75) is 13.0 Å². The Morgan fingerprint density at radius 2 is 1.38 bits per heavy atom. The Labute approximate surface area is 208 Å². The van der Waals surface area contributed by atoms with Crippen LogP contribution in [-0.4, -0.2) is 32.6 Å². The van der Waals surface area contributed by atoms with Gasteiger partial charge in [-0.3, -0.25) is 39.5 Å². The molecule has 2 amide bonds. The number of non-ortho nitro benzene ring substituents is 2. The molecule has 37 heavy (non-hydrogen) atoms. The first-order chi connectivity index (χ1) is 17.6. The second-order valence-electron chi connectivity index (χ2n) is 8.05. The van der Waals surface area contributed by atoms with E-state index in [4.69, 9.17) is 0 Å². The first-order valence-corrected chi connectivity index (χ1v) is 10.8. The van der Waals surface area contributed by atoms with E-state index in [1.807, 2.05) is 0 Å². The molecule has 12 nitrogen and oxygen atoms in total. The molecule has 1 aliphatic heterocycles. The largest absolute Gasteiger partial charge is 0.507 e. The zero-order chi connectivity index (χ0) is 26.9. The fourth-order valence-electron chi connectivity index (χ4n) is 4.00. The molecule has 2 N–H and O–H groups in total. The minimum atomic E-state index is -1.16. The number of benzene rings is 3. The van der Waals surface area contributed by atoms with Gasteiger partial charge in [-0.1, -0.05) is 0 Å². The molecule has 0 spiro atoms. The third kappa shape index (κ3) is 4.75. The van der Waals surface area contributed by atoms with Gasteiger partial charge in [0.1, 0.15) is 5.76 Å². The highest BCUT2D eigenvalue weighted by atomic mass is 16.6. The summed E-state index contributed by atoms with van der Waals surface area (Å²) in [5.41, 5.74) is 0.348. The molecule has 1 fully saturated rings. The van der Waals surface area contributed by atoms with Crippen LogP contribution in [0, 0.1) is 20.2 Å². The summed E-state index contributed by atoms with van der Waals surface area (Å²) in [6, 6.07) is 14.8. The summed E-state index contributed by atoms with van der Waals surface area (Å²) in [4.78, 5) is 59.7. The number of rotatable bonds is 6. The molecule has 1 aliphatic rings. The van der Waals surface area contributed by atoms with Gasteiger partial charge in [0.2, 0.25) is 5.91 Å². The van der Waals surface area contributed by atoms with Gasteiger partial charge in [-0.25, -0.2) is 0 Å². The van der Waals surface area contributed by atoms with Crippen molar-refractivity contribution in [1.29, 1.82) is 0 Å². The summed E-state index contributed by atoms with van der Waals surface area (Å²) in [7, 11) is 0. The standard InChI is InChI=1S/C25H18N4O8/c1-14(30)26-17-6-12-18(13-7-17)27-22(15-2-8-19(9-3-15)28(34)35)21(24(32)25(27)33)23(31)16-4-10-20(11-5-16)29(36)37/h2-13,22,31H,1H3,(H,26,30)/b23-21-/t22-/m0/s1. The molecule has 3 aromatic carbocycles. The number of hydrogen-bond acceptors (Lipinski definition) is 8. The summed E-state index contributed by atoms with van der Waals surface area (Å²) < 4.78 is 0. The van der Waals surface area contributed by atoms with Gasteiger partial charge in [-0.2, -0.15) is 0 Å². The maximum Gasteiger partial charge on any atom is 0.300 e. The molecule has 0 radical (unpaired) electrons. The van der Waals surface area contributed by atoms with E-state index in [2.05, 4.69) is 5.32 Å². The van der Waals surface area contributed by atoms with E-state index in [0.717, 1.165) is 17.0 Å². The van der Waals surface area contributed by atoms with Gasteiger partial charge in [0.05, 0.1) is 21.5 Å². The number of nitro benzene ring substituents is 2. The Morgan fingerprint density at radius 3 is 1.86 bits per heavy atom. The predicted molar refractivity (Wildman–Crippen MR) is 132 cm³/mol. The zero-order valence-corrected chi connectivity index (χ0v) is 19.2. The van der Waals surface area contributed by atoms with Gasteiger partial charge >= 0.3 is 0 Å². The lowest BCUT2D eigenvalue weighted by molar-refractivity contribution is -0.385. The van der Waals surface area contributed by atoms with E-state index in [1.165, 1.54) is 67.6 Å². The number of carbonyl (C=O) groups excluding carboxylic acids is 3. The van der Waals surface area contributed by atoms with Crippen molar-refractivity contribution in [3.8, 4) is 0 Å². The van der Waals surface area contributed by atoms with Crippen molar-refractivity contribution in [3.63, 3.8) is 0 Å². The lowest BCUT2D eigenvalue weighted by atomic mass is 9.95. The fourth-order valence-corrected chi connectivity index (χ4v) is 4.00. The third-order valence-electron chi connectivity index (χ3n) is 5.68. The predicted octanol–water partition coefficient (Wildman–Crippen LogP) is 4.09. The molecule has 0 aliphatic carbocycles. The first-order valence-electron chi connectivity index (χ1n) is 10.8. The van der Waals surface area contributed by atoms with Crippen LogP contribution in [0.3, 0.4) is 0 Å². The SMILES string of the molecule is CC(=O)Nc1ccc(N2C(=O)C(=O)/C(=C(\O)c3ccc([N+](=O)[O-])cc3)[C@@H]2c2ccc([N+](=O)[O-])cc2)cc1. The van der Waals surface area contributed by atoms with Crippen LogP contribution >= 0.6 is 0 Å². The number of hydrogen-bond donors (Lipinski definition) is 2. The van der Waals surface area contributed by atoms with Gasteiger partial charge in [-0.15, -0.1) is 0 Å². The van der Waals surface area contributed by atoms with Crippen LogP contribution in [0.15, 0.2) is 78.4 Å². The van der Waals surface area contributed by atoms with Crippen molar-refractivity contribution in [1.82, 2.24) is 0 Å². The number of Topliss-reactive ketones (excluding diaryl/α,β-unsaturated/α-hetero) is 1. The van der Waals surface area contributed by atoms with Crippen molar-refractivity contribution in [2.75, 3.05) is 10.2 Å². The van der Waals surface area contributed by atoms with E-state index < -0.39 is 33.3 Å². The maximum absolute atomic E-state index is 13.2. The zero-order valence-electron chi connectivity index (χ0n) is 19.2. The second-order valence-corrected chi connectivity index (χ2v) is 8.05. The number of nitrogens with zero attached hydrogens (tertiary/aromatic N) is 3. The summed E-state index contributed by atoms with van der Waals surface area (Å²) in [5.74, 6) is -2.83. The fraction of sp³-hybridized carbons (Fsp3) is 0.0800. The Hall–Kier alpha value is -5.39. The van der Waals surface area contributed by atoms with Crippen LogP contribution in [0.5, 0.6) is 0 Å². The highest BCUT2D eigenvalue weighted by Crippen LogP contribution is 2.42. The summed E-state index contributed by atoms with van der Waals surface area (Å²) in [5, 5.41) is 35.8. The maximum atomic E-state index is 13.2. The van der Waals surface area contributed by atoms with E-state index in [9.17, 15) is 39.7 Å². The molecule has 3 aromatic rings. The Bertz CT molecular complexity index is 1460. The van der Waals surface area contributed by atoms with Gasteiger partial charge in [0.25, 0.3) is 23.1 Å². The monoisotopic (exact) mass is 502 g/mol. The van der Waals surface area contributed by atoms with Crippen LogP contribution in [0.25, 0.3) is 5.76 Å². The van der Waals surface area contributed by atoms with Crippen molar-refractivity contribution in [2.24, 2.45) is 0 Å². The van der Waals surface area contributed by atoms with Gasteiger partial charge in [0, 0.05) is 48.1 Å². The number of carbonyl (C=O) groups is 3. The van der Waals surface area contributed by atoms with Gasteiger partial charge in [0.15, 0.2) is 0 Å². The quantitative estimate of drug-likeness (QED) is 0.167. The molecule has 0 unspecified atom stereocenters. The number of ketones is 1. The van der Waals surface area contributed by atoms with Crippen LogP contribution in [0.2, 0.25) is 0 Å². The molecule has 0 bridgehead atoms. The Balaban J connectivity index is 1.87. The number of nitro groups is 2. The molecule has 1 atom stereocenters. The number of aliphatic hydroxyl groups is 1. The first kappa shape index (κ1) is 24.7. The van der Waals surface area contributed by atoms with Crippen LogP contribution in [0.1, 0.15) is 24.1 Å². The molecule has 1 saturated heterocycles. The lowest BCUT2D eigenvalue weighted by Crippen LogP contribution is -2.29. The third-order valence-corrected chi connectivity index (χ3v) is 5.68. The van der Waals surface area contributed by atoms with E-state index in [0.29, 0.717) is 11.3 Å². The number of nitrogens with one attached hydrogen (secondary N) is 1. The Kier molecular flexibility index (Phi) is 6.48. The highest BCUT2D eigenvalue weighted by Gasteiger charge is 2.47. The smallest absolute Gasteiger partial charge is 0.300 e. The molecule has 12 heteroatoms. The molecule has 0 saturated carbocycles. The van der Waals surface area contributed by atoms with Crippen molar-refractivity contribution in [3.05, 3.63) is 110 Å². The molecule has 1 heterocycles. The molecular weight excluding hydrogens is 484 g/mol. The Morgan fingerprint density at radius 1 is 0.865 bits per heavy atom. The average Bonchev–Trinajstić information content (AvgIpc) is 3.14. The van der Waals surface area contributed by atoms with Gasteiger partial charge in [-0.05, 0) is 54.1 Å². The minimum Gasteiger partial charge on any atom is -0.507 e. The molecule has 0 aromatic heterocycles. The molecule has 4 rings (SSSR count). The van der Waals surface area contributed by atoms with E-state index >= 15 is 0 Å². The number of anilines is 2. The number of aliphatic hydroxyl groups excluding tert-OH is 1. The van der Waals surface area contributed by atoms with Crippen LogP contribution in [0.4, 0.5) is 22.7 Å². The average molecular weight is 502 g/mol. The summed E-state index contributed by atoms with van der Waals surface area (Å²) in [6.45, 7) is 1.33. The van der Waals surface area contributed by atoms with Crippen molar-refractivity contribution < 1.29 is 29.3 Å². The van der Waals surface area contributed by atoms with Crippen LogP contribution < -0.4 is 10.2 Å².